The molecule has 3 aliphatic rings. The second-order valence-electron chi connectivity index (χ2n) is 10.7. The second kappa shape index (κ2) is 10.2. The van der Waals surface area contributed by atoms with Crippen LogP contribution in [0.5, 0.6) is 0 Å². The monoisotopic (exact) mass is 507 g/mol. The first-order valence-corrected chi connectivity index (χ1v) is 14.5. The molecule has 7 heteroatoms. The van der Waals surface area contributed by atoms with Crippen molar-refractivity contribution < 1.29 is 14.6 Å². The Hall–Kier alpha value is -2.35. The van der Waals surface area contributed by atoms with Crippen molar-refractivity contribution in [1.29, 1.82) is 0 Å². The summed E-state index contributed by atoms with van der Waals surface area (Å²) in [6.07, 6.45) is 7.35. The molecule has 2 fully saturated rings. The predicted molar refractivity (Wildman–Crippen MR) is 147 cm³/mol. The lowest BCUT2D eigenvalue weighted by atomic mass is 9.83. The van der Waals surface area contributed by atoms with Crippen LogP contribution in [0, 0.1) is 6.92 Å². The first-order chi connectivity index (χ1) is 17.6. The third kappa shape index (κ3) is 4.46. The van der Waals surface area contributed by atoms with Gasteiger partial charge in [0.2, 0.25) is 0 Å². The molecule has 2 aromatic heterocycles. The summed E-state index contributed by atoms with van der Waals surface area (Å²) in [7, 11) is 0. The molecule has 36 heavy (non-hydrogen) atoms. The molecule has 1 N–H and O–H groups in total. The average Bonchev–Trinajstić information content (AvgIpc) is 3.25. The van der Waals surface area contributed by atoms with E-state index >= 15 is 0 Å². The number of anilines is 1. The van der Waals surface area contributed by atoms with Gasteiger partial charge in [0.1, 0.15) is 4.88 Å². The minimum atomic E-state index is -0.812. The summed E-state index contributed by atoms with van der Waals surface area (Å²) in [5, 5.41) is 9.79. The van der Waals surface area contributed by atoms with Crippen LogP contribution in [0.4, 0.5) is 5.69 Å². The molecule has 1 saturated heterocycles. The van der Waals surface area contributed by atoms with Crippen molar-refractivity contribution >= 4 is 33.2 Å². The van der Waals surface area contributed by atoms with E-state index in [1.54, 1.807) is 0 Å². The molecule has 0 amide bonds. The zero-order valence-electron chi connectivity index (χ0n) is 21.3. The van der Waals surface area contributed by atoms with Crippen molar-refractivity contribution in [2.24, 2.45) is 0 Å². The Kier molecular flexibility index (Phi) is 6.80. The SMILES string of the molecule is Cc1ccc2c(c1)N(CCN1CCCOCC1)CCn1c-2c(C2CCCCC2)c2sc(C(=O)O)cc21. The lowest BCUT2D eigenvalue weighted by Gasteiger charge is -2.29. The number of aromatic carboxylic acids is 1. The Morgan fingerprint density at radius 1 is 1.03 bits per heavy atom. The normalized spacial score (nSPS) is 19.6. The van der Waals surface area contributed by atoms with E-state index in [4.69, 9.17) is 4.74 Å². The molecule has 3 aromatic rings. The average molecular weight is 508 g/mol. The lowest BCUT2D eigenvalue weighted by molar-refractivity contribution is 0.0702. The number of rotatable bonds is 5. The van der Waals surface area contributed by atoms with Gasteiger partial charge < -0.3 is 19.3 Å². The summed E-state index contributed by atoms with van der Waals surface area (Å²) in [5.74, 6) is -0.302. The number of hydrogen-bond acceptors (Lipinski definition) is 5. The summed E-state index contributed by atoms with van der Waals surface area (Å²) < 4.78 is 9.33. The molecular formula is C29H37N3O3S. The second-order valence-corrected chi connectivity index (χ2v) is 11.7. The highest BCUT2D eigenvalue weighted by atomic mass is 32.1. The van der Waals surface area contributed by atoms with Crippen LogP contribution in [0.3, 0.4) is 0 Å². The fourth-order valence-electron chi connectivity index (χ4n) is 6.51. The summed E-state index contributed by atoms with van der Waals surface area (Å²) in [6.45, 7) is 9.84. The van der Waals surface area contributed by atoms with Gasteiger partial charge in [-0.1, -0.05) is 31.4 Å². The third-order valence-electron chi connectivity index (χ3n) is 8.34. The molecule has 6 nitrogen and oxygen atoms in total. The molecule has 1 saturated carbocycles. The number of nitrogens with zero attached hydrogens (tertiary/aromatic N) is 3. The van der Waals surface area contributed by atoms with Crippen molar-refractivity contribution in [2.75, 3.05) is 50.8 Å². The molecule has 0 unspecified atom stereocenters. The highest BCUT2D eigenvalue weighted by molar-refractivity contribution is 7.21. The summed E-state index contributed by atoms with van der Waals surface area (Å²) in [6, 6.07) is 8.86. The molecule has 192 valence electrons. The molecule has 1 aliphatic carbocycles. The van der Waals surface area contributed by atoms with Crippen LogP contribution >= 0.6 is 11.3 Å². The van der Waals surface area contributed by atoms with E-state index in [1.165, 1.54) is 76.2 Å². The maximum atomic E-state index is 11.9. The van der Waals surface area contributed by atoms with Crippen molar-refractivity contribution in [1.82, 2.24) is 9.47 Å². The van der Waals surface area contributed by atoms with Gasteiger partial charge in [-0.25, -0.2) is 4.79 Å². The Bertz CT molecular complexity index is 1250. The van der Waals surface area contributed by atoms with Gasteiger partial charge in [-0.05, 0) is 55.4 Å². The number of carbonyl (C=O) groups is 1. The number of benzene rings is 1. The fourth-order valence-corrected chi connectivity index (χ4v) is 7.63. The smallest absolute Gasteiger partial charge is 0.345 e. The lowest BCUT2D eigenvalue weighted by Crippen LogP contribution is -2.37. The predicted octanol–water partition coefficient (Wildman–Crippen LogP) is 5.97. The van der Waals surface area contributed by atoms with Gasteiger partial charge in [0.05, 0.1) is 22.5 Å². The van der Waals surface area contributed by atoms with Crippen molar-refractivity contribution in [3.05, 3.63) is 40.3 Å². The van der Waals surface area contributed by atoms with Crippen molar-refractivity contribution in [2.45, 2.75) is 57.9 Å². The number of aryl methyl sites for hydroxylation is 1. The first kappa shape index (κ1) is 24.0. The van der Waals surface area contributed by atoms with Gasteiger partial charge in [-0.2, -0.15) is 0 Å². The van der Waals surface area contributed by atoms with Crippen LogP contribution in [0.25, 0.3) is 21.5 Å². The minimum Gasteiger partial charge on any atom is -0.477 e. The number of aromatic nitrogens is 1. The maximum absolute atomic E-state index is 11.9. The third-order valence-corrected chi connectivity index (χ3v) is 9.49. The molecule has 4 heterocycles. The van der Waals surface area contributed by atoms with Gasteiger partial charge >= 0.3 is 5.97 Å². The summed E-state index contributed by atoms with van der Waals surface area (Å²) in [5.41, 5.74) is 7.82. The fraction of sp³-hybridized carbons (Fsp3) is 0.552. The van der Waals surface area contributed by atoms with Gasteiger partial charge in [-0.15, -0.1) is 11.3 Å². The molecule has 0 spiro atoms. The van der Waals surface area contributed by atoms with Crippen LogP contribution in [-0.2, 0) is 11.3 Å². The Morgan fingerprint density at radius 2 is 1.89 bits per heavy atom. The zero-order chi connectivity index (χ0) is 24.6. The number of thiophene rings is 1. The van der Waals surface area contributed by atoms with E-state index < -0.39 is 5.97 Å². The summed E-state index contributed by atoms with van der Waals surface area (Å²) in [4.78, 5) is 17.5. The van der Waals surface area contributed by atoms with Crippen LogP contribution in [0.1, 0.15) is 65.2 Å². The molecule has 6 rings (SSSR count). The number of carboxylic acids is 1. The van der Waals surface area contributed by atoms with Crippen LogP contribution < -0.4 is 4.90 Å². The highest BCUT2D eigenvalue weighted by Gasteiger charge is 2.32. The van der Waals surface area contributed by atoms with Crippen LogP contribution in [0.2, 0.25) is 0 Å². The highest BCUT2D eigenvalue weighted by Crippen LogP contribution is 2.49. The standard InChI is InChI=1S/C29H37N3O3S/c1-20-8-9-22-23(18-20)31(12-11-30-10-5-16-35-17-15-30)13-14-32-24-19-25(29(33)34)36-28(24)26(27(22)32)21-6-3-2-4-7-21/h8-9,18-19,21H,2-7,10-17H2,1H3,(H,33,34). The molecular weight excluding hydrogens is 470 g/mol. The van der Waals surface area contributed by atoms with E-state index in [1.807, 2.05) is 6.07 Å². The molecule has 1 aromatic carbocycles. The van der Waals surface area contributed by atoms with Crippen molar-refractivity contribution in [3.8, 4) is 11.3 Å². The van der Waals surface area contributed by atoms with Gasteiger partial charge in [0.15, 0.2) is 0 Å². The van der Waals surface area contributed by atoms with Gasteiger partial charge in [-0.3, -0.25) is 4.90 Å². The Morgan fingerprint density at radius 3 is 2.72 bits per heavy atom. The van der Waals surface area contributed by atoms with Crippen molar-refractivity contribution in [3.63, 3.8) is 0 Å². The van der Waals surface area contributed by atoms with Gasteiger partial charge in [0, 0.05) is 57.1 Å². The van der Waals surface area contributed by atoms with E-state index in [0.29, 0.717) is 10.8 Å². The van der Waals surface area contributed by atoms with E-state index in [-0.39, 0.29) is 0 Å². The van der Waals surface area contributed by atoms with Crippen LogP contribution in [-0.4, -0.2) is 66.5 Å². The molecule has 2 aliphatic heterocycles. The summed E-state index contributed by atoms with van der Waals surface area (Å²) >= 11 is 1.48. The van der Waals surface area contributed by atoms with E-state index in [2.05, 4.69) is 39.5 Å². The molecule has 0 radical (unpaired) electrons. The molecule has 0 bridgehead atoms. The van der Waals surface area contributed by atoms with Gasteiger partial charge in [0.25, 0.3) is 0 Å². The Labute approximate surface area is 217 Å². The quantitative estimate of drug-likeness (QED) is 0.461. The number of hydrogen-bond donors (Lipinski definition) is 1. The zero-order valence-corrected chi connectivity index (χ0v) is 22.1. The van der Waals surface area contributed by atoms with E-state index in [0.717, 1.165) is 64.4 Å². The largest absolute Gasteiger partial charge is 0.477 e. The van der Waals surface area contributed by atoms with Crippen LogP contribution in [0.15, 0.2) is 24.3 Å². The minimum absolute atomic E-state index is 0.459. The van der Waals surface area contributed by atoms with E-state index in [9.17, 15) is 9.90 Å². The number of ether oxygens (including phenoxy) is 1. The molecule has 0 atom stereocenters. The first-order valence-electron chi connectivity index (χ1n) is 13.7. The Balaban J connectivity index is 1.44. The topological polar surface area (TPSA) is 57.9 Å². The number of fused-ring (bicyclic) bond motifs is 5. The number of carboxylic acid groups (broad SMARTS) is 1. The maximum Gasteiger partial charge on any atom is 0.345 e.